The van der Waals surface area contributed by atoms with Crippen LogP contribution in [0.25, 0.3) is 0 Å². The van der Waals surface area contributed by atoms with Crippen LogP contribution in [0, 0.1) is 0 Å². The van der Waals surface area contributed by atoms with Crippen LogP contribution in [0.4, 0.5) is 0 Å². The second-order valence-corrected chi connectivity index (χ2v) is 30.7. The fourth-order valence-corrected chi connectivity index (χ4v) is 11.1. The van der Waals surface area contributed by atoms with Gasteiger partial charge in [0, 0.05) is 0 Å². The monoisotopic (exact) mass is 427 g/mol. The first-order chi connectivity index (χ1) is 9.81. The fraction of sp³-hybridized carbons (Fsp3) is 1.00. The number of hydrogen-bond acceptors (Lipinski definition) is 4. The summed E-state index contributed by atoms with van der Waals surface area (Å²) >= 11 is 0. The van der Waals surface area contributed by atoms with Gasteiger partial charge in [0.25, 0.3) is 0 Å². The first-order valence-corrected chi connectivity index (χ1v) is 24.4. The van der Waals surface area contributed by atoms with Gasteiger partial charge in [0.15, 0.2) is 33.3 Å². The van der Waals surface area contributed by atoms with Gasteiger partial charge < -0.3 is 16.5 Å². The third kappa shape index (κ3) is 28.2. The van der Waals surface area contributed by atoms with Gasteiger partial charge in [-0.25, -0.2) is 0 Å². The first kappa shape index (κ1) is 26.4. The molecular weight excluding hydrogens is 389 g/mol. The molecular formula is C13H39O4Si6. The van der Waals surface area contributed by atoms with E-state index in [4.69, 9.17) is 16.5 Å². The van der Waals surface area contributed by atoms with Gasteiger partial charge in [-0.2, -0.15) is 0 Å². The van der Waals surface area contributed by atoms with Crippen LogP contribution in [0.15, 0.2) is 0 Å². The van der Waals surface area contributed by atoms with Crippen molar-refractivity contribution in [2.24, 2.45) is 0 Å². The molecule has 0 amide bonds. The van der Waals surface area contributed by atoms with Crippen LogP contribution in [0.1, 0.15) is 0 Å². The van der Waals surface area contributed by atoms with Gasteiger partial charge in [-0.05, 0) is 85.1 Å². The smallest absolute Gasteiger partial charge is 0.410 e. The molecule has 0 heterocycles. The molecule has 0 aromatic carbocycles. The number of rotatable bonds is 8. The van der Waals surface area contributed by atoms with Crippen molar-refractivity contribution in [2.45, 2.75) is 85.1 Å². The molecule has 0 spiro atoms. The Bertz CT molecular complexity index is 284. The lowest BCUT2D eigenvalue weighted by Gasteiger charge is -2.27. The largest absolute Gasteiger partial charge is 0.436 e. The highest BCUT2D eigenvalue weighted by Crippen LogP contribution is 2.11. The zero-order chi connectivity index (χ0) is 19.1. The Balaban J connectivity index is 0. The molecule has 0 fully saturated rings. The molecule has 3 radical (unpaired) electrons. The van der Waals surface area contributed by atoms with Crippen molar-refractivity contribution >= 4 is 52.6 Å². The van der Waals surface area contributed by atoms with Crippen molar-refractivity contribution in [3.8, 4) is 0 Å². The third-order valence-electron chi connectivity index (χ3n) is 1.60. The summed E-state index contributed by atoms with van der Waals surface area (Å²) in [5.74, 6) is 0. The maximum absolute atomic E-state index is 5.87. The average molecular weight is 428 g/mol. The normalized spacial score (nSPS) is 13.8. The zero-order valence-corrected chi connectivity index (χ0v) is 23.6. The summed E-state index contributed by atoms with van der Waals surface area (Å²) in [7, 11) is -6.17. The molecule has 0 aromatic rings. The SMILES string of the molecule is C[Si](C)(C)O[Si]O[Si](C)(C)C.C[Si](O[Si](C)(C)C)O[Si](C)(C)C. The van der Waals surface area contributed by atoms with E-state index in [1.54, 1.807) is 0 Å². The molecule has 23 heavy (non-hydrogen) atoms. The van der Waals surface area contributed by atoms with E-state index >= 15 is 0 Å². The molecule has 139 valence electrons. The van der Waals surface area contributed by atoms with Crippen molar-refractivity contribution in [3.63, 3.8) is 0 Å². The molecule has 0 aliphatic carbocycles. The average Bonchev–Trinajstić information content (AvgIpc) is 2.05. The minimum Gasteiger partial charge on any atom is -0.436 e. The van der Waals surface area contributed by atoms with Gasteiger partial charge >= 0.3 is 19.3 Å². The van der Waals surface area contributed by atoms with Crippen LogP contribution in [-0.2, 0) is 16.5 Å². The summed E-state index contributed by atoms with van der Waals surface area (Å²) in [5, 5.41) is 0. The molecule has 0 saturated heterocycles. The Kier molecular flexibility index (Phi) is 11.8. The molecule has 4 nitrogen and oxygen atoms in total. The first-order valence-electron chi connectivity index (χ1n) is 8.13. The lowest BCUT2D eigenvalue weighted by atomic mass is 11.8. The summed E-state index contributed by atoms with van der Waals surface area (Å²) in [6.07, 6.45) is 0. The topological polar surface area (TPSA) is 36.9 Å². The van der Waals surface area contributed by atoms with E-state index in [1.165, 1.54) is 0 Å². The van der Waals surface area contributed by atoms with E-state index in [-0.39, 0.29) is 10.0 Å². The molecule has 0 unspecified atom stereocenters. The summed E-state index contributed by atoms with van der Waals surface area (Å²) in [6.45, 7) is 28.4. The second-order valence-electron chi connectivity index (χ2n) is 9.43. The van der Waals surface area contributed by atoms with E-state index in [0.29, 0.717) is 0 Å². The predicted octanol–water partition coefficient (Wildman–Crippen LogP) is 5.03. The maximum atomic E-state index is 5.87. The molecule has 0 rings (SSSR count). The van der Waals surface area contributed by atoms with Crippen LogP contribution in [-0.4, -0.2) is 52.6 Å². The van der Waals surface area contributed by atoms with Crippen LogP contribution < -0.4 is 0 Å². The van der Waals surface area contributed by atoms with Gasteiger partial charge in [0.2, 0.25) is 0 Å². The van der Waals surface area contributed by atoms with Gasteiger partial charge in [-0.15, -0.1) is 0 Å². The zero-order valence-electron chi connectivity index (χ0n) is 17.6. The summed E-state index contributed by atoms with van der Waals surface area (Å²) in [5.41, 5.74) is 0. The lowest BCUT2D eigenvalue weighted by Crippen LogP contribution is -2.41. The molecule has 0 atom stereocenters. The molecule has 0 bridgehead atoms. The Morgan fingerprint density at radius 3 is 0.957 bits per heavy atom. The highest BCUT2D eigenvalue weighted by molar-refractivity contribution is 6.80. The fourth-order valence-electron chi connectivity index (χ4n) is 1.15. The van der Waals surface area contributed by atoms with Crippen molar-refractivity contribution < 1.29 is 16.5 Å². The lowest BCUT2D eigenvalue weighted by molar-refractivity contribution is 0.428. The summed E-state index contributed by atoms with van der Waals surface area (Å²) < 4.78 is 22.9. The Morgan fingerprint density at radius 1 is 0.522 bits per heavy atom. The van der Waals surface area contributed by atoms with Gasteiger partial charge in [0.1, 0.15) is 0 Å². The van der Waals surface area contributed by atoms with Crippen LogP contribution >= 0.6 is 0 Å². The predicted molar refractivity (Wildman–Crippen MR) is 115 cm³/mol. The Hall–Kier alpha value is 1.14. The Morgan fingerprint density at radius 2 is 0.783 bits per heavy atom. The molecule has 0 aromatic heterocycles. The highest BCUT2D eigenvalue weighted by atomic mass is 28.4. The summed E-state index contributed by atoms with van der Waals surface area (Å²) in [4.78, 5) is 0. The molecule has 10 heteroatoms. The highest BCUT2D eigenvalue weighted by Gasteiger charge is 2.26. The van der Waals surface area contributed by atoms with E-state index < -0.39 is 42.6 Å². The van der Waals surface area contributed by atoms with Crippen LogP contribution in [0.5, 0.6) is 0 Å². The van der Waals surface area contributed by atoms with Crippen LogP contribution in [0.3, 0.4) is 0 Å². The maximum Gasteiger partial charge on any atom is 0.410 e. The van der Waals surface area contributed by atoms with Crippen LogP contribution in [0.2, 0.25) is 85.1 Å². The quantitative estimate of drug-likeness (QED) is 0.509. The van der Waals surface area contributed by atoms with Gasteiger partial charge in [-0.3, -0.25) is 0 Å². The minimum absolute atomic E-state index is 0.258. The van der Waals surface area contributed by atoms with E-state index in [0.717, 1.165) is 0 Å². The van der Waals surface area contributed by atoms with E-state index in [2.05, 4.69) is 85.1 Å². The van der Waals surface area contributed by atoms with Gasteiger partial charge in [0.05, 0.1) is 0 Å². The van der Waals surface area contributed by atoms with Gasteiger partial charge in [-0.1, -0.05) is 0 Å². The second kappa shape index (κ2) is 10.3. The third-order valence-corrected chi connectivity index (χ3v) is 14.4. The summed E-state index contributed by atoms with van der Waals surface area (Å²) in [6, 6.07) is 0. The minimum atomic E-state index is -1.38. The Labute approximate surface area is 154 Å². The van der Waals surface area contributed by atoms with Crippen molar-refractivity contribution in [3.05, 3.63) is 0 Å². The van der Waals surface area contributed by atoms with Crippen molar-refractivity contribution in [1.82, 2.24) is 0 Å². The van der Waals surface area contributed by atoms with Crippen molar-refractivity contribution in [2.75, 3.05) is 0 Å². The van der Waals surface area contributed by atoms with E-state index in [9.17, 15) is 0 Å². The van der Waals surface area contributed by atoms with E-state index in [1.807, 2.05) is 0 Å². The van der Waals surface area contributed by atoms with Crippen molar-refractivity contribution in [1.29, 1.82) is 0 Å². The molecule has 0 N–H and O–H groups in total. The molecule has 0 aliphatic rings. The standard InChI is InChI=1S/C7H21O2Si3.C6H18O2Si3/c1-10(8-11(2,3)4)9-12(5,6)7;1-10(2,3)7-9-8-11(4,5)6/h1-7H3;1-6H3. The molecule has 0 aliphatic heterocycles. The molecule has 0 saturated carbocycles. The number of hydrogen-bond donors (Lipinski definition) is 0.